The van der Waals surface area contributed by atoms with Gasteiger partial charge in [0.05, 0.1) is 36.3 Å². The summed E-state index contributed by atoms with van der Waals surface area (Å²) < 4.78 is 3.52. The van der Waals surface area contributed by atoms with E-state index in [4.69, 9.17) is 0 Å². The molecule has 1 amide bonds. The monoisotopic (exact) mass is 340 g/mol. The average molecular weight is 340 g/mol. The second-order valence-electron chi connectivity index (χ2n) is 6.83. The fraction of sp³-hybridized carbons (Fsp3) is 0.412. The molecule has 0 aliphatic carbocycles. The van der Waals surface area contributed by atoms with Crippen LogP contribution in [0, 0.1) is 0 Å². The van der Waals surface area contributed by atoms with Gasteiger partial charge in [0.25, 0.3) is 5.91 Å². The number of carbonyl (C=O) groups is 1. The molecule has 8 nitrogen and oxygen atoms in total. The quantitative estimate of drug-likeness (QED) is 0.775. The molecule has 1 aliphatic rings. The Morgan fingerprint density at radius 2 is 2.16 bits per heavy atom. The maximum atomic E-state index is 12.8. The van der Waals surface area contributed by atoms with Crippen LogP contribution >= 0.6 is 0 Å². The van der Waals surface area contributed by atoms with E-state index in [1.807, 2.05) is 24.3 Å². The number of nitrogens with zero attached hydrogens (tertiary/aromatic N) is 6. The number of aromatic nitrogens is 5. The van der Waals surface area contributed by atoms with Crippen LogP contribution in [0.15, 0.2) is 37.1 Å². The standard InChI is InChI=1S/C17H20N6O2/c1-12(2)23-9-15(19-20-23)17(25)5-6-21(10-17)16(24)13-3-4-14-7-18-11-22(14)8-13/h3-4,7-9,11-12,25H,5-6,10H2,1-2H3. The average Bonchev–Trinajstić information content (AvgIpc) is 3.32. The Labute approximate surface area is 144 Å². The van der Waals surface area contributed by atoms with E-state index in [2.05, 4.69) is 15.3 Å². The number of pyridine rings is 1. The summed E-state index contributed by atoms with van der Waals surface area (Å²) in [6.45, 7) is 4.69. The Hall–Kier alpha value is -2.74. The lowest BCUT2D eigenvalue weighted by Crippen LogP contribution is -2.34. The number of imidazole rings is 1. The molecule has 3 aromatic rings. The van der Waals surface area contributed by atoms with Crippen LogP contribution in [-0.2, 0) is 5.60 Å². The van der Waals surface area contributed by atoms with Crippen LogP contribution in [0.25, 0.3) is 5.52 Å². The normalized spacial score (nSPS) is 20.7. The molecule has 4 rings (SSSR count). The number of fused-ring (bicyclic) bond motifs is 1. The van der Waals surface area contributed by atoms with Gasteiger partial charge in [-0.1, -0.05) is 5.21 Å². The molecule has 0 saturated carbocycles. The molecule has 0 radical (unpaired) electrons. The van der Waals surface area contributed by atoms with Gasteiger partial charge in [-0.3, -0.25) is 4.79 Å². The lowest BCUT2D eigenvalue weighted by atomic mass is 10.00. The smallest absolute Gasteiger partial charge is 0.255 e. The summed E-state index contributed by atoms with van der Waals surface area (Å²) in [4.78, 5) is 18.5. The molecule has 3 aromatic heterocycles. The van der Waals surface area contributed by atoms with Crippen molar-refractivity contribution in [3.05, 3.63) is 48.3 Å². The van der Waals surface area contributed by atoms with E-state index in [0.717, 1.165) is 5.52 Å². The van der Waals surface area contributed by atoms with E-state index in [0.29, 0.717) is 24.2 Å². The first-order valence-corrected chi connectivity index (χ1v) is 8.32. The van der Waals surface area contributed by atoms with Gasteiger partial charge in [0.15, 0.2) is 0 Å². The highest BCUT2D eigenvalue weighted by Gasteiger charge is 2.42. The Kier molecular flexibility index (Phi) is 3.57. The Bertz CT molecular complexity index is 930. The van der Waals surface area contributed by atoms with Gasteiger partial charge in [-0.15, -0.1) is 5.10 Å². The highest BCUT2D eigenvalue weighted by atomic mass is 16.3. The predicted molar refractivity (Wildman–Crippen MR) is 90.0 cm³/mol. The number of amides is 1. The summed E-state index contributed by atoms with van der Waals surface area (Å²) in [5, 5.41) is 19.1. The van der Waals surface area contributed by atoms with Crippen molar-refractivity contribution < 1.29 is 9.90 Å². The van der Waals surface area contributed by atoms with Gasteiger partial charge < -0.3 is 14.4 Å². The second-order valence-corrected chi connectivity index (χ2v) is 6.83. The first kappa shape index (κ1) is 15.8. The minimum absolute atomic E-state index is 0.109. The van der Waals surface area contributed by atoms with Crippen LogP contribution in [0.2, 0.25) is 0 Å². The molecule has 0 bridgehead atoms. The number of hydrogen-bond acceptors (Lipinski definition) is 5. The fourth-order valence-corrected chi connectivity index (χ4v) is 3.15. The van der Waals surface area contributed by atoms with E-state index < -0.39 is 5.60 Å². The van der Waals surface area contributed by atoms with Crippen molar-refractivity contribution in [1.82, 2.24) is 29.3 Å². The zero-order valence-electron chi connectivity index (χ0n) is 14.2. The number of β-amino-alcohol motifs (C(OH)–C–C–N with tert-alkyl or cyclic N) is 1. The van der Waals surface area contributed by atoms with Crippen LogP contribution in [-0.4, -0.2) is 53.4 Å². The van der Waals surface area contributed by atoms with Crippen LogP contribution < -0.4 is 0 Å². The molecule has 0 spiro atoms. The first-order valence-electron chi connectivity index (χ1n) is 8.32. The summed E-state index contributed by atoms with van der Waals surface area (Å²) in [6, 6.07) is 3.81. The van der Waals surface area contributed by atoms with Gasteiger partial charge in [-0.2, -0.15) is 0 Å². The highest BCUT2D eigenvalue weighted by molar-refractivity contribution is 5.94. The Balaban J connectivity index is 1.55. The topological polar surface area (TPSA) is 88.5 Å². The van der Waals surface area contributed by atoms with Gasteiger partial charge in [0.1, 0.15) is 11.3 Å². The third-order valence-corrected chi connectivity index (χ3v) is 4.71. The number of rotatable bonds is 3. The highest BCUT2D eigenvalue weighted by Crippen LogP contribution is 2.31. The minimum Gasteiger partial charge on any atom is -0.381 e. The molecule has 4 heterocycles. The summed E-state index contributed by atoms with van der Waals surface area (Å²) in [7, 11) is 0. The van der Waals surface area contributed by atoms with Crippen molar-refractivity contribution in [2.45, 2.75) is 31.9 Å². The van der Waals surface area contributed by atoms with Crippen molar-refractivity contribution in [2.24, 2.45) is 0 Å². The second kappa shape index (κ2) is 5.66. The number of carbonyl (C=O) groups excluding carboxylic acids is 1. The lowest BCUT2D eigenvalue weighted by Gasteiger charge is -2.21. The van der Waals surface area contributed by atoms with E-state index in [1.54, 1.807) is 40.6 Å². The fourth-order valence-electron chi connectivity index (χ4n) is 3.15. The van der Waals surface area contributed by atoms with E-state index >= 15 is 0 Å². The summed E-state index contributed by atoms with van der Waals surface area (Å²) in [5.41, 5.74) is 0.865. The van der Waals surface area contributed by atoms with Crippen LogP contribution in [0.3, 0.4) is 0 Å². The summed E-state index contributed by atoms with van der Waals surface area (Å²) >= 11 is 0. The first-order chi connectivity index (χ1) is 12.0. The van der Waals surface area contributed by atoms with Gasteiger partial charge in [0, 0.05) is 25.2 Å². The molecule has 130 valence electrons. The van der Waals surface area contributed by atoms with Crippen molar-refractivity contribution in [1.29, 1.82) is 0 Å². The molecule has 25 heavy (non-hydrogen) atoms. The van der Waals surface area contributed by atoms with Gasteiger partial charge in [-0.25, -0.2) is 9.67 Å². The van der Waals surface area contributed by atoms with Crippen LogP contribution in [0.1, 0.15) is 42.4 Å². The van der Waals surface area contributed by atoms with Crippen LogP contribution in [0.5, 0.6) is 0 Å². The molecular formula is C17H20N6O2. The maximum absolute atomic E-state index is 12.8. The maximum Gasteiger partial charge on any atom is 0.255 e. The molecule has 1 atom stereocenters. The minimum atomic E-state index is -1.15. The van der Waals surface area contributed by atoms with Crippen molar-refractivity contribution in [3.63, 3.8) is 0 Å². The SMILES string of the molecule is CC(C)n1cc(C2(O)CCN(C(=O)c3ccc4cncn4c3)C2)nn1. The third kappa shape index (κ3) is 2.68. The molecular weight excluding hydrogens is 320 g/mol. The number of hydrogen-bond donors (Lipinski definition) is 1. The third-order valence-electron chi connectivity index (χ3n) is 4.71. The predicted octanol–water partition coefficient (Wildman–Crippen LogP) is 1.24. The van der Waals surface area contributed by atoms with E-state index in [9.17, 15) is 9.90 Å². The Morgan fingerprint density at radius 1 is 1.32 bits per heavy atom. The molecule has 1 fully saturated rings. The molecule has 0 aromatic carbocycles. The molecule has 1 unspecified atom stereocenters. The molecule has 8 heteroatoms. The number of aliphatic hydroxyl groups is 1. The van der Waals surface area contributed by atoms with Gasteiger partial charge in [0.2, 0.25) is 0 Å². The van der Waals surface area contributed by atoms with Crippen molar-refractivity contribution >= 4 is 11.4 Å². The van der Waals surface area contributed by atoms with Crippen molar-refractivity contribution in [2.75, 3.05) is 13.1 Å². The van der Waals surface area contributed by atoms with Gasteiger partial charge >= 0.3 is 0 Å². The number of likely N-dealkylation sites (tertiary alicyclic amines) is 1. The van der Waals surface area contributed by atoms with E-state index in [1.165, 1.54) is 0 Å². The van der Waals surface area contributed by atoms with Gasteiger partial charge in [-0.05, 0) is 26.0 Å². The van der Waals surface area contributed by atoms with E-state index in [-0.39, 0.29) is 18.5 Å². The summed E-state index contributed by atoms with van der Waals surface area (Å²) in [5.74, 6) is -0.109. The zero-order chi connectivity index (χ0) is 17.6. The molecule has 1 aliphatic heterocycles. The molecule has 1 N–H and O–H groups in total. The zero-order valence-corrected chi connectivity index (χ0v) is 14.2. The Morgan fingerprint density at radius 3 is 2.92 bits per heavy atom. The van der Waals surface area contributed by atoms with Crippen LogP contribution in [0.4, 0.5) is 0 Å². The molecule has 1 saturated heterocycles. The largest absolute Gasteiger partial charge is 0.381 e. The van der Waals surface area contributed by atoms with Crippen molar-refractivity contribution in [3.8, 4) is 0 Å². The summed E-state index contributed by atoms with van der Waals surface area (Å²) in [6.07, 6.45) is 7.37. The lowest BCUT2D eigenvalue weighted by molar-refractivity contribution is 0.0381.